The zero-order valence-electron chi connectivity index (χ0n) is 10.7. The van der Waals surface area contributed by atoms with Crippen LogP contribution in [0.2, 0.25) is 10.0 Å². The molecule has 0 spiro atoms. The molecule has 1 aliphatic rings. The Bertz CT molecular complexity index is 698. The molecule has 21 heavy (non-hydrogen) atoms. The summed E-state index contributed by atoms with van der Waals surface area (Å²) >= 11 is 18.9. The summed E-state index contributed by atoms with van der Waals surface area (Å²) in [5.74, 6) is 0.425. The molecule has 0 saturated heterocycles. The van der Waals surface area contributed by atoms with Crippen LogP contribution in [0, 0.1) is 0 Å². The fourth-order valence-electron chi connectivity index (χ4n) is 2.18. The first-order valence-electron chi connectivity index (χ1n) is 6.21. The average Bonchev–Trinajstić information content (AvgIpc) is 2.46. The lowest BCUT2D eigenvalue weighted by atomic mass is 10.0. The molecule has 108 valence electrons. The van der Waals surface area contributed by atoms with Crippen LogP contribution in [0.5, 0.6) is 5.75 Å². The predicted molar refractivity (Wildman–Crippen MR) is 84.7 cm³/mol. The van der Waals surface area contributed by atoms with Gasteiger partial charge in [0.2, 0.25) is 0 Å². The van der Waals surface area contributed by atoms with E-state index in [0.717, 1.165) is 5.56 Å². The van der Waals surface area contributed by atoms with Crippen LogP contribution in [0.4, 0.5) is 5.69 Å². The van der Waals surface area contributed by atoms with Crippen molar-refractivity contribution in [1.29, 1.82) is 0 Å². The van der Waals surface area contributed by atoms with Gasteiger partial charge in [0.1, 0.15) is 5.75 Å². The summed E-state index contributed by atoms with van der Waals surface area (Å²) in [7, 11) is 0. The Morgan fingerprint density at radius 2 is 1.86 bits per heavy atom. The third-order valence-corrected chi connectivity index (χ3v) is 4.31. The van der Waals surface area contributed by atoms with E-state index in [1.807, 2.05) is 6.07 Å². The molecule has 2 aromatic rings. The number of amides is 1. The van der Waals surface area contributed by atoms with E-state index >= 15 is 0 Å². The second-order valence-electron chi connectivity index (χ2n) is 4.59. The standard InChI is InChI=1S/C15H10Cl3NO2/c16-9-2-1-3-10(17)14(9)15(18)8-4-5-12-11(6-8)19-13(20)7-21-12/h1-6,15H,7H2,(H,19,20). The van der Waals surface area contributed by atoms with Crippen molar-refractivity contribution in [3.8, 4) is 5.75 Å². The molecule has 2 aromatic carbocycles. The van der Waals surface area contributed by atoms with Gasteiger partial charge in [-0.3, -0.25) is 4.79 Å². The maximum absolute atomic E-state index is 11.4. The quantitative estimate of drug-likeness (QED) is 0.807. The number of carbonyl (C=O) groups excluding carboxylic acids is 1. The van der Waals surface area contributed by atoms with Crippen molar-refractivity contribution in [3.63, 3.8) is 0 Å². The maximum atomic E-state index is 11.4. The van der Waals surface area contributed by atoms with Crippen molar-refractivity contribution in [2.75, 3.05) is 11.9 Å². The fraction of sp³-hybridized carbons (Fsp3) is 0.133. The number of rotatable bonds is 2. The minimum absolute atomic E-state index is 0.0208. The second kappa shape index (κ2) is 5.76. The van der Waals surface area contributed by atoms with Gasteiger partial charge in [-0.15, -0.1) is 11.6 Å². The van der Waals surface area contributed by atoms with Crippen molar-refractivity contribution < 1.29 is 9.53 Å². The molecule has 0 saturated carbocycles. The van der Waals surface area contributed by atoms with Crippen LogP contribution in [-0.2, 0) is 4.79 Å². The largest absolute Gasteiger partial charge is 0.482 e. The van der Waals surface area contributed by atoms with Crippen LogP contribution in [0.3, 0.4) is 0 Å². The molecule has 1 atom stereocenters. The number of carbonyl (C=O) groups is 1. The molecule has 0 aromatic heterocycles. The van der Waals surface area contributed by atoms with Crippen LogP contribution in [0.1, 0.15) is 16.5 Å². The van der Waals surface area contributed by atoms with Crippen molar-refractivity contribution in [2.24, 2.45) is 0 Å². The van der Waals surface area contributed by atoms with Gasteiger partial charge < -0.3 is 10.1 Å². The van der Waals surface area contributed by atoms with Crippen molar-refractivity contribution >= 4 is 46.4 Å². The molecule has 0 aliphatic carbocycles. The molecule has 0 fully saturated rings. The van der Waals surface area contributed by atoms with E-state index < -0.39 is 5.38 Å². The Kier molecular flexibility index (Phi) is 3.98. The highest BCUT2D eigenvalue weighted by Crippen LogP contribution is 2.40. The van der Waals surface area contributed by atoms with Gasteiger partial charge in [0.25, 0.3) is 5.91 Å². The van der Waals surface area contributed by atoms with Crippen LogP contribution >= 0.6 is 34.8 Å². The third kappa shape index (κ3) is 2.82. The number of fused-ring (bicyclic) bond motifs is 1. The van der Waals surface area contributed by atoms with Gasteiger partial charge in [0, 0.05) is 15.6 Å². The zero-order valence-corrected chi connectivity index (χ0v) is 13.0. The molecule has 6 heteroatoms. The first-order chi connectivity index (χ1) is 10.1. The fourth-order valence-corrected chi connectivity index (χ4v) is 3.28. The Balaban J connectivity index is 2.01. The van der Waals surface area contributed by atoms with Crippen molar-refractivity contribution in [2.45, 2.75) is 5.38 Å². The number of hydrogen-bond donors (Lipinski definition) is 1. The van der Waals surface area contributed by atoms with Crippen LogP contribution < -0.4 is 10.1 Å². The first kappa shape index (κ1) is 14.5. The Morgan fingerprint density at radius 1 is 1.14 bits per heavy atom. The number of nitrogens with one attached hydrogen (secondary N) is 1. The monoisotopic (exact) mass is 341 g/mol. The predicted octanol–water partition coefficient (Wildman–Crippen LogP) is 4.65. The summed E-state index contributed by atoms with van der Waals surface area (Å²) in [6.45, 7) is 0.0208. The summed E-state index contributed by atoms with van der Waals surface area (Å²) in [4.78, 5) is 11.4. The molecular formula is C15H10Cl3NO2. The topological polar surface area (TPSA) is 38.3 Å². The lowest BCUT2D eigenvalue weighted by Crippen LogP contribution is -2.25. The van der Waals surface area contributed by atoms with Crippen molar-refractivity contribution in [3.05, 3.63) is 57.6 Å². The SMILES string of the molecule is O=C1COc2ccc(C(Cl)c3c(Cl)cccc3Cl)cc2N1. The number of anilines is 1. The van der Waals surface area contributed by atoms with Crippen LogP contribution in [0.15, 0.2) is 36.4 Å². The van der Waals surface area contributed by atoms with Crippen LogP contribution in [0.25, 0.3) is 0 Å². The number of hydrogen-bond acceptors (Lipinski definition) is 2. The summed E-state index contributed by atoms with van der Waals surface area (Å²) in [5, 5.41) is 3.23. The highest BCUT2D eigenvalue weighted by molar-refractivity contribution is 6.38. The number of halogens is 3. The zero-order chi connectivity index (χ0) is 15.0. The third-order valence-electron chi connectivity index (χ3n) is 3.18. The molecule has 1 N–H and O–H groups in total. The summed E-state index contributed by atoms with van der Waals surface area (Å²) in [5.41, 5.74) is 2.01. The number of alkyl halides is 1. The molecule has 0 radical (unpaired) electrons. The second-order valence-corrected chi connectivity index (χ2v) is 5.84. The van der Waals surface area contributed by atoms with Crippen molar-refractivity contribution in [1.82, 2.24) is 0 Å². The first-order valence-corrected chi connectivity index (χ1v) is 7.40. The Hall–Kier alpha value is -1.42. The van der Waals surface area contributed by atoms with Crippen LogP contribution in [-0.4, -0.2) is 12.5 Å². The van der Waals surface area contributed by atoms with Gasteiger partial charge in [-0.1, -0.05) is 35.3 Å². The molecular weight excluding hydrogens is 333 g/mol. The summed E-state index contributed by atoms with van der Waals surface area (Å²) in [6, 6.07) is 10.6. The molecule has 1 unspecified atom stereocenters. The summed E-state index contributed by atoms with van der Waals surface area (Å²) in [6.07, 6.45) is 0. The van der Waals surface area contributed by atoms with Gasteiger partial charge in [0.05, 0.1) is 11.1 Å². The van der Waals surface area contributed by atoms with Gasteiger partial charge in [0.15, 0.2) is 6.61 Å². The molecule has 3 nitrogen and oxygen atoms in total. The smallest absolute Gasteiger partial charge is 0.262 e. The van der Waals surface area contributed by atoms with E-state index in [4.69, 9.17) is 39.5 Å². The number of ether oxygens (including phenoxy) is 1. The Labute approximate surface area is 136 Å². The highest BCUT2D eigenvalue weighted by atomic mass is 35.5. The lowest BCUT2D eigenvalue weighted by Gasteiger charge is -2.20. The van der Waals surface area contributed by atoms with E-state index in [2.05, 4.69) is 5.32 Å². The lowest BCUT2D eigenvalue weighted by molar-refractivity contribution is -0.118. The summed E-state index contributed by atoms with van der Waals surface area (Å²) < 4.78 is 5.32. The Morgan fingerprint density at radius 3 is 2.57 bits per heavy atom. The minimum Gasteiger partial charge on any atom is -0.482 e. The van der Waals surface area contributed by atoms with E-state index in [9.17, 15) is 4.79 Å². The van der Waals surface area contributed by atoms with Gasteiger partial charge in [-0.2, -0.15) is 0 Å². The molecule has 1 aliphatic heterocycles. The van der Waals surface area contributed by atoms with E-state index in [-0.39, 0.29) is 12.5 Å². The maximum Gasteiger partial charge on any atom is 0.262 e. The highest BCUT2D eigenvalue weighted by Gasteiger charge is 2.21. The molecule has 1 amide bonds. The van der Waals surface area contributed by atoms with E-state index in [1.54, 1.807) is 30.3 Å². The van der Waals surface area contributed by atoms with Gasteiger partial charge in [-0.05, 0) is 29.8 Å². The van der Waals surface area contributed by atoms with E-state index in [1.165, 1.54) is 0 Å². The average molecular weight is 343 g/mol. The molecule has 1 heterocycles. The van der Waals surface area contributed by atoms with Gasteiger partial charge >= 0.3 is 0 Å². The van der Waals surface area contributed by atoms with E-state index in [0.29, 0.717) is 27.0 Å². The minimum atomic E-state index is -0.518. The number of benzene rings is 2. The normalized spacial score (nSPS) is 14.9. The van der Waals surface area contributed by atoms with Gasteiger partial charge in [-0.25, -0.2) is 0 Å². The molecule has 3 rings (SSSR count). The molecule has 0 bridgehead atoms.